The van der Waals surface area contributed by atoms with Gasteiger partial charge in [0, 0.05) is 28.9 Å². The van der Waals surface area contributed by atoms with Crippen LogP contribution in [0.2, 0.25) is 0 Å². The molecule has 5 heteroatoms. The maximum atomic E-state index is 10.8. The second kappa shape index (κ2) is 4.93. The van der Waals surface area contributed by atoms with E-state index in [1.54, 1.807) is 11.4 Å². The lowest BCUT2D eigenvalue weighted by molar-refractivity contribution is 0.0697. The third-order valence-electron chi connectivity index (χ3n) is 3.06. The fourth-order valence-electron chi connectivity index (χ4n) is 2.07. The third-order valence-corrected chi connectivity index (χ3v) is 3.99. The van der Waals surface area contributed by atoms with E-state index in [0.717, 1.165) is 29.3 Å². The normalized spacial score (nSPS) is 12.8. The fourth-order valence-corrected chi connectivity index (χ4v) is 2.87. The highest BCUT2D eigenvalue weighted by Crippen LogP contribution is 2.28. The number of carboxylic acids is 1. The second-order valence-electron chi connectivity index (χ2n) is 4.38. The topological polar surface area (TPSA) is 58.6 Å². The van der Waals surface area contributed by atoms with Crippen molar-refractivity contribution in [1.29, 1.82) is 0 Å². The monoisotopic (exact) mass is 275 g/mol. The first-order chi connectivity index (χ1) is 9.22. The Labute approximate surface area is 114 Å². The SMILES string of the molecule is O=C(O)c1csc(CNc2ccc3c(c2)CCO3)c1. The maximum absolute atomic E-state index is 10.8. The molecule has 0 saturated heterocycles. The molecule has 0 spiro atoms. The van der Waals surface area contributed by atoms with Crippen molar-refractivity contribution in [2.24, 2.45) is 0 Å². The number of rotatable bonds is 4. The molecule has 3 rings (SSSR count). The van der Waals surface area contributed by atoms with Gasteiger partial charge >= 0.3 is 5.97 Å². The van der Waals surface area contributed by atoms with Gasteiger partial charge in [-0.1, -0.05) is 0 Å². The van der Waals surface area contributed by atoms with Crippen molar-refractivity contribution in [3.63, 3.8) is 0 Å². The molecule has 2 aromatic rings. The van der Waals surface area contributed by atoms with E-state index in [-0.39, 0.29) is 0 Å². The summed E-state index contributed by atoms with van der Waals surface area (Å²) in [5.74, 6) is 0.0898. The largest absolute Gasteiger partial charge is 0.493 e. The van der Waals surface area contributed by atoms with Gasteiger partial charge in [0.15, 0.2) is 0 Å². The first-order valence-electron chi connectivity index (χ1n) is 6.03. The summed E-state index contributed by atoms with van der Waals surface area (Å²) in [6, 6.07) is 7.75. The summed E-state index contributed by atoms with van der Waals surface area (Å²) in [5.41, 5.74) is 2.61. The van der Waals surface area contributed by atoms with Crippen molar-refractivity contribution in [3.8, 4) is 5.75 Å². The smallest absolute Gasteiger partial charge is 0.336 e. The van der Waals surface area contributed by atoms with Crippen LogP contribution in [-0.4, -0.2) is 17.7 Å². The van der Waals surface area contributed by atoms with Crippen molar-refractivity contribution in [1.82, 2.24) is 0 Å². The molecule has 1 aliphatic rings. The minimum Gasteiger partial charge on any atom is -0.493 e. The number of thiophene rings is 1. The molecule has 98 valence electrons. The Hall–Kier alpha value is -2.01. The standard InChI is InChI=1S/C14H13NO3S/c16-14(17)10-6-12(19-8-10)7-15-11-1-2-13-9(5-11)3-4-18-13/h1-2,5-6,8,15H,3-4,7H2,(H,16,17). The Kier molecular flexibility index (Phi) is 3.13. The Morgan fingerprint density at radius 1 is 1.42 bits per heavy atom. The molecule has 2 heterocycles. The van der Waals surface area contributed by atoms with Crippen LogP contribution in [0.1, 0.15) is 20.8 Å². The Balaban J connectivity index is 1.67. The number of ether oxygens (including phenoxy) is 1. The number of hydrogen-bond acceptors (Lipinski definition) is 4. The van der Waals surface area contributed by atoms with Crippen LogP contribution in [0.25, 0.3) is 0 Å². The lowest BCUT2D eigenvalue weighted by Crippen LogP contribution is -1.98. The van der Waals surface area contributed by atoms with Gasteiger partial charge in [0.2, 0.25) is 0 Å². The molecule has 2 N–H and O–H groups in total. The van der Waals surface area contributed by atoms with E-state index in [4.69, 9.17) is 9.84 Å². The van der Waals surface area contributed by atoms with Gasteiger partial charge in [-0.2, -0.15) is 0 Å². The van der Waals surface area contributed by atoms with Gasteiger partial charge < -0.3 is 15.2 Å². The maximum Gasteiger partial charge on any atom is 0.336 e. The summed E-state index contributed by atoms with van der Waals surface area (Å²) in [4.78, 5) is 11.8. The number of aromatic carboxylic acids is 1. The summed E-state index contributed by atoms with van der Waals surface area (Å²) in [7, 11) is 0. The van der Waals surface area contributed by atoms with Crippen molar-refractivity contribution in [2.75, 3.05) is 11.9 Å². The van der Waals surface area contributed by atoms with Crippen LogP contribution >= 0.6 is 11.3 Å². The van der Waals surface area contributed by atoms with Crippen molar-refractivity contribution >= 4 is 23.0 Å². The Bertz CT molecular complexity index is 621. The van der Waals surface area contributed by atoms with E-state index < -0.39 is 5.97 Å². The van der Waals surface area contributed by atoms with E-state index in [1.807, 2.05) is 12.1 Å². The number of benzene rings is 1. The highest BCUT2D eigenvalue weighted by Gasteiger charge is 2.12. The van der Waals surface area contributed by atoms with Crippen LogP contribution in [-0.2, 0) is 13.0 Å². The van der Waals surface area contributed by atoms with E-state index in [1.165, 1.54) is 16.9 Å². The zero-order chi connectivity index (χ0) is 13.2. The molecule has 1 aromatic carbocycles. The van der Waals surface area contributed by atoms with Crippen LogP contribution in [0.5, 0.6) is 5.75 Å². The highest BCUT2D eigenvalue weighted by atomic mass is 32.1. The van der Waals surface area contributed by atoms with Crippen LogP contribution in [0, 0.1) is 0 Å². The molecule has 0 unspecified atom stereocenters. The summed E-state index contributed by atoms with van der Waals surface area (Å²) >= 11 is 1.45. The number of nitrogens with one attached hydrogen (secondary N) is 1. The van der Waals surface area contributed by atoms with Crippen LogP contribution in [0.15, 0.2) is 29.6 Å². The molecule has 19 heavy (non-hydrogen) atoms. The van der Waals surface area contributed by atoms with E-state index in [2.05, 4.69) is 11.4 Å². The minimum atomic E-state index is -0.878. The lowest BCUT2D eigenvalue weighted by Gasteiger charge is -2.06. The van der Waals surface area contributed by atoms with Gasteiger partial charge in [-0.05, 0) is 29.8 Å². The van der Waals surface area contributed by atoms with Gasteiger partial charge in [-0.3, -0.25) is 0 Å². The molecule has 0 amide bonds. The average molecular weight is 275 g/mol. The zero-order valence-corrected chi connectivity index (χ0v) is 11.0. The molecule has 1 aliphatic heterocycles. The number of carbonyl (C=O) groups is 1. The van der Waals surface area contributed by atoms with Gasteiger partial charge in [-0.15, -0.1) is 11.3 Å². The number of fused-ring (bicyclic) bond motifs is 1. The van der Waals surface area contributed by atoms with Crippen molar-refractivity contribution in [2.45, 2.75) is 13.0 Å². The predicted octanol–water partition coefficient (Wildman–Crippen LogP) is 2.99. The minimum absolute atomic E-state index is 0.351. The molecule has 0 fully saturated rings. The first-order valence-corrected chi connectivity index (χ1v) is 6.90. The molecule has 0 atom stereocenters. The molecule has 0 aliphatic carbocycles. The average Bonchev–Trinajstić information content (AvgIpc) is 3.04. The molecular formula is C14H13NO3S. The van der Waals surface area contributed by atoms with Crippen LogP contribution in [0.4, 0.5) is 5.69 Å². The van der Waals surface area contributed by atoms with E-state index >= 15 is 0 Å². The van der Waals surface area contributed by atoms with Crippen LogP contribution < -0.4 is 10.1 Å². The summed E-state index contributed by atoms with van der Waals surface area (Å²) in [6.45, 7) is 1.39. The molecule has 0 bridgehead atoms. The molecule has 4 nitrogen and oxygen atoms in total. The van der Waals surface area contributed by atoms with E-state index in [0.29, 0.717) is 12.1 Å². The molecular weight excluding hydrogens is 262 g/mol. The summed E-state index contributed by atoms with van der Waals surface area (Å²) in [5, 5.41) is 13.8. The summed E-state index contributed by atoms with van der Waals surface area (Å²) < 4.78 is 5.45. The highest BCUT2D eigenvalue weighted by molar-refractivity contribution is 7.10. The summed E-state index contributed by atoms with van der Waals surface area (Å²) in [6.07, 6.45) is 0.951. The predicted molar refractivity (Wildman–Crippen MR) is 74.2 cm³/mol. The lowest BCUT2D eigenvalue weighted by atomic mass is 10.1. The number of carboxylic acid groups (broad SMARTS) is 1. The second-order valence-corrected chi connectivity index (χ2v) is 5.38. The molecule has 1 aromatic heterocycles. The van der Waals surface area contributed by atoms with Gasteiger partial charge in [0.25, 0.3) is 0 Å². The first kappa shape index (κ1) is 12.0. The number of anilines is 1. The van der Waals surface area contributed by atoms with Gasteiger partial charge in [0.1, 0.15) is 5.75 Å². The van der Waals surface area contributed by atoms with Crippen LogP contribution in [0.3, 0.4) is 0 Å². The Morgan fingerprint density at radius 3 is 3.11 bits per heavy atom. The zero-order valence-electron chi connectivity index (χ0n) is 10.2. The van der Waals surface area contributed by atoms with Crippen molar-refractivity contribution in [3.05, 3.63) is 45.6 Å². The fraction of sp³-hybridized carbons (Fsp3) is 0.214. The molecule has 0 saturated carbocycles. The Morgan fingerprint density at radius 2 is 2.32 bits per heavy atom. The van der Waals surface area contributed by atoms with Gasteiger partial charge in [0.05, 0.1) is 12.2 Å². The van der Waals surface area contributed by atoms with Gasteiger partial charge in [-0.25, -0.2) is 4.79 Å². The number of hydrogen-bond donors (Lipinski definition) is 2. The van der Waals surface area contributed by atoms with E-state index in [9.17, 15) is 4.79 Å². The third kappa shape index (κ3) is 2.56. The quantitative estimate of drug-likeness (QED) is 0.900. The van der Waals surface area contributed by atoms with Crippen molar-refractivity contribution < 1.29 is 14.6 Å². The molecule has 0 radical (unpaired) electrons.